The van der Waals surface area contributed by atoms with Crippen LogP contribution in [0.3, 0.4) is 0 Å². The Hall–Kier alpha value is -1.43. The molecule has 110 valence electrons. The lowest BCUT2D eigenvalue weighted by Crippen LogP contribution is -2.49. The van der Waals surface area contributed by atoms with Gasteiger partial charge in [-0.25, -0.2) is 4.39 Å². The fraction of sp³-hybridized carbons (Fsp3) is 0.500. The zero-order valence-electron chi connectivity index (χ0n) is 10.9. The van der Waals surface area contributed by atoms with Crippen LogP contribution in [-0.2, 0) is 16.5 Å². The van der Waals surface area contributed by atoms with E-state index in [1.54, 1.807) is 0 Å². The van der Waals surface area contributed by atoms with Crippen LogP contribution in [0.1, 0.15) is 37.3 Å². The molecule has 0 bridgehead atoms. The quantitative estimate of drug-likeness (QED) is 0.805. The molecule has 2 atom stereocenters. The summed E-state index contributed by atoms with van der Waals surface area (Å²) >= 11 is 0. The minimum absolute atomic E-state index is 0.0617. The number of carbonyl (C=O) groups excluding carboxylic acids is 1. The third-order valence-electron chi connectivity index (χ3n) is 3.82. The Morgan fingerprint density at radius 3 is 2.60 bits per heavy atom. The minimum Gasteiger partial charge on any atom is -0.315 e. The molecular formula is C14H15F4NO. The maximum absolute atomic E-state index is 14.1. The molecule has 6 heteroatoms. The highest BCUT2D eigenvalue weighted by Crippen LogP contribution is 2.40. The van der Waals surface area contributed by atoms with Gasteiger partial charge in [-0.3, -0.25) is 4.79 Å². The third kappa shape index (κ3) is 2.44. The average Bonchev–Trinajstić information content (AvgIpc) is 2.33. The molecule has 0 heterocycles. The molecule has 1 fully saturated rings. The number of carbonyl (C=O) groups is 1. The number of Topliss-reactive ketones (excluding diaryl/α,β-unsaturated/α-hetero) is 1. The summed E-state index contributed by atoms with van der Waals surface area (Å²) in [5, 5.41) is 0. The van der Waals surface area contributed by atoms with Crippen molar-refractivity contribution < 1.29 is 22.4 Å². The number of hydrogen-bond acceptors (Lipinski definition) is 2. The smallest absolute Gasteiger partial charge is 0.315 e. The molecule has 0 spiro atoms. The highest BCUT2D eigenvalue weighted by molar-refractivity contribution is 5.90. The number of hydrogen-bond donors (Lipinski definition) is 1. The topological polar surface area (TPSA) is 43.1 Å². The maximum Gasteiger partial charge on any atom is 0.419 e. The summed E-state index contributed by atoms with van der Waals surface area (Å²) in [6.07, 6.45) is -3.87. The molecule has 2 unspecified atom stereocenters. The van der Waals surface area contributed by atoms with Gasteiger partial charge in [0.25, 0.3) is 0 Å². The van der Waals surface area contributed by atoms with E-state index in [2.05, 4.69) is 0 Å². The molecular weight excluding hydrogens is 274 g/mol. The van der Waals surface area contributed by atoms with Crippen molar-refractivity contribution in [3.8, 4) is 0 Å². The fourth-order valence-corrected chi connectivity index (χ4v) is 2.72. The first-order valence-electron chi connectivity index (χ1n) is 6.34. The van der Waals surface area contributed by atoms with Crippen molar-refractivity contribution in [2.24, 2.45) is 11.7 Å². The number of nitrogens with two attached hydrogens (primary N) is 1. The van der Waals surface area contributed by atoms with Crippen molar-refractivity contribution in [3.63, 3.8) is 0 Å². The van der Waals surface area contributed by atoms with Gasteiger partial charge in [-0.05, 0) is 24.8 Å². The Morgan fingerprint density at radius 2 is 2.00 bits per heavy atom. The predicted octanol–water partition coefficient (Wildman–Crippen LogP) is 3.39. The van der Waals surface area contributed by atoms with E-state index in [4.69, 9.17) is 5.73 Å². The zero-order chi connectivity index (χ0) is 15.1. The molecule has 1 aromatic rings. The first-order chi connectivity index (χ1) is 9.16. The molecule has 1 aliphatic rings. The summed E-state index contributed by atoms with van der Waals surface area (Å²) < 4.78 is 52.3. The Bertz CT molecular complexity index is 540. The molecule has 0 aromatic heterocycles. The Labute approximate surface area is 114 Å². The van der Waals surface area contributed by atoms with Gasteiger partial charge < -0.3 is 5.73 Å². The summed E-state index contributed by atoms with van der Waals surface area (Å²) in [6, 6.07) is 2.90. The number of ketones is 1. The summed E-state index contributed by atoms with van der Waals surface area (Å²) in [4.78, 5) is 12.0. The van der Waals surface area contributed by atoms with Crippen molar-refractivity contribution in [2.45, 2.75) is 37.9 Å². The molecule has 2 N–H and O–H groups in total. The molecule has 0 amide bonds. The van der Waals surface area contributed by atoms with Crippen molar-refractivity contribution in [1.82, 2.24) is 0 Å². The van der Waals surface area contributed by atoms with Crippen LogP contribution in [0.15, 0.2) is 18.2 Å². The molecule has 0 saturated heterocycles. The van der Waals surface area contributed by atoms with Crippen LogP contribution in [0.4, 0.5) is 17.6 Å². The summed E-state index contributed by atoms with van der Waals surface area (Å²) in [6.45, 7) is 1.85. The lowest BCUT2D eigenvalue weighted by Gasteiger charge is -2.36. The standard InChI is InChI=1S/C14H15F4NO/c1-8-5-6-11(20)13(19,7-8)9-3-2-4-10(12(9)15)14(16,17)18/h2-4,8H,5-7,19H2,1H3. The van der Waals surface area contributed by atoms with Crippen molar-refractivity contribution in [2.75, 3.05) is 0 Å². The molecule has 1 aliphatic carbocycles. The molecule has 1 aromatic carbocycles. The van der Waals surface area contributed by atoms with Crippen molar-refractivity contribution >= 4 is 5.78 Å². The van der Waals surface area contributed by atoms with Crippen molar-refractivity contribution in [1.29, 1.82) is 0 Å². The lowest BCUT2D eigenvalue weighted by molar-refractivity contribution is -0.140. The second-order valence-electron chi connectivity index (χ2n) is 5.41. The van der Waals surface area contributed by atoms with E-state index >= 15 is 0 Å². The molecule has 2 nitrogen and oxygen atoms in total. The second-order valence-corrected chi connectivity index (χ2v) is 5.41. The Kier molecular flexibility index (Phi) is 3.62. The van der Waals surface area contributed by atoms with Crippen LogP contribution in [-0.4, -0.2) is 5.78 Å². The van der Waals surface area contributed by atoms with E-state index in [0.29, 0.717) is 12.5 Å². The molecule has 1 saturated carbocycles. The lowest BCUT2D eigenvalue weighted by atomic mass is 9.72. The van der Waals surface area contributed by atoms with E-state index in [1.165, 1.54) is 6.07 Å². The van der Waals surface area contributed by atoms with Crippen LogP contribution in [0.2, 0.25) is 0 Å². The van der Waals surface area contributed by atoms with Gasteiger partial charge in [-0.1, -0.05) is 19.1 Å². The maximum atomic E-state index is 14.1. The highest BCUT2D eigenvalue weighted by Gasteiger charge is 2.44. The van der Waals surface area contributed by atoms with Gasteiger partial charge in [0.15, 0.2) is 5.78 Å². The monoisotopic (exact) mass is 289 g/mol. The summed E-state index contributed by atoms with van der Waals surface area (Å²) in [5.74, 6) is -1.79. The van der Waals surface area contributed by atoms with Gasteiger partial charge in [-0.15, -0.1) is 0 Å². The van der Waals surface area contributed by atoms with E-state index in [9.17, 15) is 22.4 Å². The van der Waals surface area contributed by atoms with Crippen LogP contribution in [0, 0.1) is 11.7 Å². The summed E-state index contributed by atoms with van der Waals surface area (Å²) in [7, 11) is 0. The van der Waals surface area contributed by atoms with Gasteiger partial charge in [0.2, 0.25) is 0 Å². The number of alkyl halides is 3. The first-order valence-corrected chi connectivity index (χ1v) is 6.34. The molecule has 20 heavy (non-hydrogen) atoms. The zero-order valence-corrected chi connectivity index (χ0v) is 10.9. The number of rotatable bonds is 1. The average molecular weight is 289 g/mol. The van der Waals surface area contributed by atoms with Gasteiger partial charge >= 0.3 is 6.18 Å². The number of benzene rings is 1. The third-order valence-corrected chi connectivity index (χ3v) is 3.82. The van der Waals surface area contributed by atoms with E-state index < -0.39 is 28.9 Å². The van der Waals surface area contributed by atoms with Gasteiger partial charge in [0.05, 0.1) is 5.56 Å². The van der Waals surface area contributed by atoms with Gasteiger partial charge in [0.1, 0.15) is 11.4 Å². The van der Waals surface area contributed by atoms with E-state index in [0.717, 1.165) is 6.07 Å². The molecule has 0 aliphatic heterocycles. The van der Waals surface area contributed by atoms with E-state index in [1.807, 2.05) is 6.92 Å². The predicted molar refractivity (Wildman–Crippen MR) is 65.3 cm³/mol. The molecule has 0 radical (unpaired) electrons. The van der Waals surface area contributed by atoms with Crippen LogP contribution >= 0.6 is 0 Å². The first kappa shape index (κ1) is 15.0. The largest absolute Gasteiger partial charge is 0.419 e. The van der Waals surface area contributed by atoms with Crippen LogP contribution in [0.25, 0.3) is 0 Å². The van der Waals surface area contributed by atoms with Crippen molar-refractivity contribution in [3.05, 3.63) is 35.1 Å². The fourth-order valence-electron chi connectivity index (χ4n) is 2.72. The highest BCUT2D eigenvalue weighted by atomic mass is 19.4. The van der Waals surface area contributed by atoms with Crippen LogP contribution in [0.5, 0.6) is 0 Å². The minimum atomic E-state index is -4.81. The normalized spacial score (nSPS) is 27.7. The Balaban J connectivity index is 2.55. The second kappa shape index (κ2) is 4.84. The SMILES string of the molecule is CC1CCC(=O)C(N)(c2cccc(C(F)(F)F)c2F)C1. The summed E-state index contributed by atoms with van der Waals surface area (Å²) in [5.41, 5.74) is 2.57. The molecule has 2 rings (SSSR count). The number of halogens is 4. The van der Waals surface area contributed by atoms with Gasteiger partial charge in [-0.2, -0.15) is 13.2 Å². The Morgan fingerprint density at radius 1 is 1.35 bits per heavy atom. The van der Waals surface area contributed by atoms with E-state index in [-0.39, 0.29) is 24.3 Å². The van der Waals surface area contributed by atoms with Crippen LogP contribution < -0.4 is 5.73 Å². The van der Waals surface area contributed by atoms with Gasteiger partial charge in [0, 0.05) is 12.0 Å².